The first kappa shape index (κ1) is 16.8. The number of nitrogens with one attached hydrogen (secondary N) is 1. The van der Waals surface area contributed by atoms with Gasteiger partial charge in [-0.25, -0.2) is 4.39 Å². The number of likely N-dealkylation sites (tertiary alicyclic amines) is 2. The molecule has 2 aliphatic rings. The van der Waals surface area contributed by atoms with Crippen LogP contribution in [0.25, 0.3) is 0 Å². The molecule has 0 unspecified atom stereocenters. The van der Waals surface area contributed by atoms with Gasteiger partial charge in [-0.1, -0.05) is 12.1 Å². The second-order valence-electron chi connectivity index (χ2n) is 7.10. The van der Waals surface area contributed by atoms with Crippen LogP contribution >= 0.6 is 0 Å². The molecule has 1 aromatic carbocycles. The van der Waals surface area contributed by atoms with Crippen LogP contribution in [0, 0.1) is 5.82 Å². The molecule has 0 aliphatic carbocycles. The third-order valence-corrected chi connectivity index (χ3v) is 5.62. The molecule has 2 aromatic rings. The molecule has 6 nitrogen and oxygen atoms in total. The van der Waals surface area contributed by atoms with E-state index in [4.69, 9.17) is 0 Å². The van der Waals surface area contributed by atoms with E-state index < -0.39 is 0 Å². The molecule has 4 rings (SSSR count). The van der Waals surface area contributed by atoms with E-state index in [0.29, 0.717) is 31.7 Å². The lowest BCUT2D eigenvalue weighted by Gasteiger charge is -2.45. The van der Waals surface area contributed by atoms with E-state index in [1.165, 1.54) is 12.1 Å². The number of halogens is 1. The van der Waals surface area contributed by atoms with Crippen molar-refractivity contribution in [3.63, 3.8) is 0 Å². The summed E-state index contributed by atoms with van der Waals surface area (Å²) in [5.41, 5.74) is 1.06. The summed E-state index contributed by atoms with van der Waals surface area (Å²) in [6.45, 7) is 1.63. The topological polar surface area (TPSA) is 69.3 Å². The molecule has 0 saturated carbocycles. The SMILES string of the molecule is O=C(c1ccn[nH]1)N1CCC2(CCC(=O)N2Cc2cccc(F)c2)CC1. The third-order valence-electron chi connectivity index (χ3n) is 5.62. The maximum absolute atomic E-state index is 13.5. The number of piperidine rings is 1. The summed E-state index contributed by atoms with van der Waals surface area (Å²) < 4.78 is 13.5. The van der Waals surface area contributed by atoms with Crippen molar-refractivity contribution >= 4 is 11.8 Å². The highest BCUT2D eigenvalue weighted by atomic mass is 19.1. The van der Waals surface area contributed by atoms with E-state index in [1.54, 1.807) is 18.3 Å². The van der Waals surface area contributed by atoms with E-state index >= 15 is 0 Å². The molecule has 2 fully saturated rings. The molecule has 0 radical (unpaired) electrons. The fraction of sp³-hybridized carbons (Fsp3) is 0.421. The minimum absolute atomic E-state index is 0.0571. The Balaban J connectivity index is 1.47. The summed E-state index contributed by atoms with van der Waals surface area (Å²) in [6.07, 6.45) is 4.37. The van der Waals surface area contributed by atoms with Crippen molar-refractivity contribution in [2.24, 2.45) is 0 Å². The first-order valence-corrected chi connectivity index (χ1v) is 8.91. The van der Waals surface area contributed by atoms with Crippen LogP contribution in [-0.2, 0) is 11.3 Å². The number of nitrogens with zero attached hydrogens (tertiary/aromatic N) is 3. The Morgan fingerprint density at radius 3 is 2.73 bits per heavy atom. The molecule has 2 aliphatic heterocycles. The molecule has 2 amide bonds. The maximum atomic E-state index is 13.5. The van der Waals surface area contributed by atoms with E-state index in [0.717, 1.165) is 24.8 Å². The summed E-state index contributed by atoms with van der Waals surface area (Å²) in [7, 11) is 0. The molecule has 26 heavy (non-hydrogen) atoms. The van der Waals surface area contributed by atoms with Crippen LogP contribution in [0.4, 0.5) is 4.39 Å². The number of carbonyl (C=O) groups excluding carboxylic acids is 2. The van der Waals surface area contributed by atoms with Gasteiger partial charge in [-0.15, -0.1) is 0 Å². The number of hydrogen-bond acceptors (Lipinski definition) is 3. The highest BCUT2D eigenvalue weighted by Crippen LogP contribution is 2.40. The Hall–Kier alpha value is -2.70. The summed E-state index contributed by atoms with van der Waals surface area (Å²) in [5, 5.41) is 6.54. The zero-order valence-electron chi connectivity index (χ0n) is 14.4. The molecular formula is C19H21FN4O2. The lowest BCUT2D eigenvalue weighted by Crippen LogP contribution is -2.53. The first-order chi connectivity index (χ1) is 12.6. The van der Waals surface area contributed by atoms with E-state index in [-0.39, 0.29) is 23.2 Å². The number of H-pyrrole nitrogens is 1. The van der Waals surface area contributed by atoms with Crippen LogP contribution in [0.1, 0.15) is 41.7 Å². The molecule has 1 spiro atoms. The molecule has 7 heteroatoms. The molecule has 136 valence electrons. The van der Waals surface area contributed by atoms with Crippen LogP contribution in [-0.4, -0.2) is 50.4 Å². The molecular weight excluding hydrogens is 335 g/mol. The molecule has 2 saturated heterocycles. The van der Waals surface area contributed by atoms with Crippen LogP contribution < -0.4 is 0 Å². The molecule has 0 atom stereocenters. The van der Waals surface area contributed by atoms with Crippen LogP contribution in [0.15, 0.2) is 36.5 Å². The van der Waals surface area contributed by atoms with Gasteiger partial charge in [-0.05, 0) is 43.0 Å². The number of amides is 2. The highest BCUT2D eigenvalue weighted by molar-refractivity contribution is 5.92. The van der Waals surface area contributed by atoms with Crippen LogP contribution in [0.5, 0.6) is 0 Å². The predicted molar refractivity (Wildman–Crippen MR) is 92.6 cm³/mol. The van der Waals surface area contributed by atoms with Crippen LogP contribution in [0.3, 0.4) is 0 Å². The van der Waals surface area contributed by atoms with Crippen molar-refractivity contribution in [1.82, 2.24) is 20.0 Å². The number of hydrogen-bond donors (Lipinski definition) is 1. The lowest BCUT2D eigenvalue weighted by atomic mass is 9.84. The smallest absolute Gasteiger partial charge is 0.271 e. The van der Waals surface area contributed by atoms with Gasteiger partial charge in [0.25, 0.3) is 5.91 Å². The van der Waals surface area contributed by atoms with Crippen molar-refractivity contribution in [2.75, 3.05) is 13.1 Å². The van der Waals surface area contributed by atoms with Crippen molar-refractivity contribution in [3.05, 3.63) is 53.6 Å². The first-order valence-electron chi connectivity index (χ1n) is 8.91. The lowest BCUT2D eigenvalue weighted by molar-refractivity contribution is -0.133. The minimum atomic E-state index is -0.289. The number of aromatic amines is 1. The van der Waals surface area contributed by atoms with Crippen molar-refractivity contribution in [1.29, 1.82) is 0 Å². The monoisotopic (exact) mass is 356 g/mol. The minimum Gasteiger partial charge on any atom is -0.337 e. The summed E-state index contributed by atoms with van der Waals surface area (Å²) in [5.74, 6) is -0.232. The van der Waals surface area contributed by atoms with Crippen molar-refractivity contribution in [2.45, 2.75) is 37.8 Å². The molecule has 0 bridgehead atoms. The molecule has 1 aromatic heterocycles. The van der Waals surface area contributed by atoms with Gasteiger partial charge in [-0.3, -0.25) is 14.7 Å². The van der Waals surface area contributed by atoms with Crippen molar-refractivity contribution in [3.8, 4) is 0 Å². The van der Waals surface area contributed by atoms with Gasteiger partial charge in [0, 0.05) is 37.8 Å². The number of carbonyl (C=O) groups is 2. The predicted octanol–water partition coefficient (Wildman–Crippen LogP) is 2.35. The van der Waals surface area contributed by atoms with Gasteiger partial charge in [0.15, 0.2) is 0 Å². The summed E-state index contributed by atoms with van der Waals surface area (Å²) >= 11 is 0. The number of rotatable bonds is 3. The van der Waals surface area contributed by atoms with Crippen molar-refractivity contribution < 1.29 is 14.0 Å². The number of aromatic nitrogens is 2. The van der Waals surface area contributed by atoms with Gasteiger partial charge in [0.2, 0.25) is 5.91 Å². The van der Waals surface area contributed by atoms with E-state index in [1.807, 2.05) is 15.9 Å². The fourth-order valence-electron chi connectivity index (χ4n) is 4.14. The highest BCUT2D eigenvalue weighted by Gasteiger charge is 2.47. The van der Waals surface area contributed by atoms with Gasteiger partial charge in [0.05, 0.1) is 0 Å². The van der Waals surface area contributed by atoms with Crippen LogP contribution in [0.2, 0.25) is 0 Å². The van der Waals surface area contributed by atoms with Gasteiger partial charge in [-0.2, -0.15) is 5.10 Å². The molecule has 1 N–H and O–H groups in total. The largest absolute Gasteiger partial charge is 0.337 e. The second-order valence-corrected chi connectivity index (χ2v) is 7.10. The summed E-state index contributed by atoms with van der Waals surface area (Å²) in [4.78, 5) is 28.7. The standard InChI is InChI=1S/C19H21FN4O2/c20-15-3-1-2-14(12-15)13-24-17(25)4-6-19(24)7-10-23(11-8-19)18(26)16-5-9-21-22-16/h1-3,5,9,12H,4,6-8,10-11,13H2,(H,21,22). The average molecular weight is 356 g/mol. The Kier molecular flexibility index (Phi) is 4.22. The number of benzene rings is 1. The van der Waals surface area contributed by atoms with Gasteiger partial charge < -0.3 is 9.80 Å². The second kappa shape index (κ2) is 6.55. The summed E-state index contributed by atoms with van der Waals surface area (Å²) in [6, 6.07) is 8.08. The van der Waals surface area contributed by atoms with Gasteiger partial charge >= 0.3 is 0 Å². The fourth-order valence-corrected chi connectivity index (χ4v) is 4.14. The Bertz CT molecular complexity index is 813. The third kappa shape index (κ3) is 2.98. The Morgan fingerprint density at radius 2 is 2.04 bits per heavy atom. The quantitative estimate of drug-likeness (QED) is 0.918. The average Bonchev–Trinajstić information content (AvgIpc) is 3.27. The molecule has 3 heterocycles. The van der Waals surface area contributed by atoms with Gasteiger partial charge in [0.1, 0.15) is 11.5 Å². The maximum Gasteiger partial charge on any atom is 0.271 e. The Labute approximate surface area is 151 Å². The van der Waals surface area contributed by atoms with E-state index in [2.05, 4.69) is 10.2 Å². The Morgan fingerprint density at radius 1 is 1.23 bits per heavy atom. The zero-order chi connectivity index (χ0) is 18.1. The normalized spacial score (nSPS) is 19.3. The van der Waals surface area contributed by atoms with E-state index in [9.17, 15) is 14.0 Å². The zero-order valence-corrected chi connectivity index (χ0v) is 14.4.